The van der Waals surface area contributed by atoms with Crippen LogP contribution in [0.3, 0.4) is 0 Å². The number of nitrogens with zero attached hydrogens (tertiary/aromatic N) is 4. The molecule has 9 heteroatoms. The molecule has 1 aliphatic rings. The first-order chi connectivity index (χ1) is 12.0. The molecule has 25 heavy (non-hydrogen) atoms. The summed E-state index contributed by atoms with van der Waals surface area (Å²) in [5.74, 6) is 0.418. The molecule has 0 unspecified atom stereocenters. The smallest absolute Gasteiger partial charge is 0.242 e. The van der Waals surface area contributed by atoms with Gasteiger partial charge in [0, 0.05) is 38.4 Å². The number of piperidine rings is 1. The van der Waals surface area contributed by atoms with Gasteiger partial charge in [0.1, 0.15) is 4.90 Å². The van der Waals surface area contributed by atoms with E-state index in [1.54, 1.807) is 16.9 Å². The van der Waals surface area contributed by atoms with Crippen molar-refractivity contribution in [3.63, 3.8) is 0 Å². The molecule has 0 spiro atoms. The van der Waals surface area contributed by atoms with Crippen LogP contribution in [0.2, 0.25) is 0 Å². The van der Waals surface area contributed by atoms with Gasteiger partial charge in [0.05, 0.1) is 24.7 Å². The second kappa shape index (κ2) is 7.40. The fourth-order valence-electron chi connectivity index (χ4n) is 2.93. The molecule has 3 rings (SSSR count). The van der Waals surface area contributed by atoms with Gasteiger partial charge < -0.3 is 9.64 Å². The molecule has 1 aliphatic heterocycles. The van der Waals surface area contributed by atoms with E-state index < -0.39 is 10.0 Å². The predicted molar refractivity (Wildman–Crippen MR) is 94.2 cm³/mol. The highest BCUT2D eigenvalue weighted by molar-refractivity contribution is 7.89. The van der Waals surface area contributed by atoms with Gasteiger partial charge in [-0.05, 0) is 25.8 Å². The van der Waals surface area contributed by atoms with Crippen molar-refractivity contribution in [2.75, 3.05) is 24.6 Å². The average molecular weight is 365 g/mol. The third-order valence-electron chi connectivity index (χ3n) is 4.11. The zero-order valence-electron chi connectivity index (χ0n) is 14.4. The van der Waals surface area contributed by atoms with Crippen molar-refractivity contribution in [1.82, 2.24) is 19.5 Å². The summed E-state index contributed by atoms with van der Waals surface area (Å²) >= 11 is 0. The Morgan fingerprint density at radius 1 is 1.36 bits per heavy atom. The zero-order chi connectivity index (χ0) is 17.9. The number of hydrogen-bond acceptors (Lipinski definition) is 6. The standard InChI is InChI=1S/C16H23N5O3S/c1-3-24-16-7-6-15(10-17-16)25(22,23)19-13-5-4-8-21(11-13)14-9-18-20(2)12-14/h6-7,9-10,12-13,19H,3-5,8,11H2,1-2H3/t13-/m1/s1. The Balaban J connectivity index is 1.67. The zero-order valence-corrected chi connectivity index (χ0v) is 15.2. The summed E-state index contributed by atoms with van der Waals surface area (Å²) in [6, 6.07) is 2.94. The van der Waals surface area contributed by atoms with Gasteiger partial charge in [0.2, 0.25) is 15.9 Å². The number of aryl methyl sites for hydroxylation is 1. The first-order valence-corrected chi connectivity index (χ1v) is 9.81. The Hall–Kier alpha value is -2.13. The maximum Gasteiger partial charge on any atom is 0.242 e. The monoisotopic (exact) mass is 365 g/mol. The summed E-state index contributed by atoms with van der Waals surface area (Å²) in [5, 5.41) is 4.18. The lowest BCUT2D eigenvalue weighted by Gasteiger charge is -2.33. The molecule has 8 nitrogen and oxygen atoms in total. The molecule has 0 amide bonds. The van der Waals surface area contributed by atoms with Crippen LogP contribution in [-0.2, 0) is 17.1 Å². The van der Waals surface area contributed by atoms with E-state index in [0.717, 1.165) is 25.1 Å². The minimum Gasteiger partial charge on any atom is -0.478 e. The molecule has 3 heterocycles. The van der Waals surface area contributed by atoms with Gasteiger partial charge in [-0.3, -0.25) is 4.68 Å². The molecule has 1 fully saturated rings. The van der Waals surface area contributed by atoms with E-state index in [9.17, 15) is 8.42 Å². The normalized spacial score (nSPS) is 18.3. The molecular formula is C16H23N5O3S. The average Bonchev–Trinajstić information content (AvgIpc) is 3.02. The lowest BCUT2D eigenvalue weighted by Crippen LogP contribution is -2.47. The number of nitrogens with one attached hydrogen (secondary N) is 1. The van der Waals surface area contributed by atoms with Crippen LogP contribution in [0.15, 0.2) is 35.6 Å². The fourth-order valence-corrected chi connectivity index (χ4v) is 4.13. The Labute approximate surface area is 147 Å². The summed E-state index contributed by atoms with van der Waals surface area (Å²) in [7, 11) is -1.74. The Morgan fingerprint density at radius 3 is 2.84 bits per heavy atom. The van der Waals surface area contributed by atoms with E-state index in [0.29, 0.717) is 19.0 Å². The molecule has 2 aromatic heterocycles. The number of pyridine rings is 1. The molecule has 136 valence electrons. The van der Waals surface area contributed by atoms with Crippen molar-refractivity contribution in [3.05, 3.63) is 30.7 Å². The van der Waals surface area contributed by atoms with Crippen LogP contribution in [-0.4, -0.2) is 48.9 Å². The predicted octanol–water partition coefficient (Wildman–Crippen LogP) is 1.16. The summed E-state index contributed by atoms with van der Waals surface area (Å²) in [6.45, 7) is 3.86. The SMILES string of the molecule is CCOc1ccc(S(=O)(=O)N[C@@H]2CCCN(c3cnn(C)c3)C2)cn1. The Bertz CT molecular complexity index is 803. The fraction of sp³-hybridized carbons (Fsp3) is 0.500. The van der Waals surface area contributed by atoms with Crippen molar-refractivity contribution >= 4 is 15.7 Å². The number of rotatable bonds is 6. The Kier molecular flexibility index (Phi) is 5.24. The largest absolute Gasteiger partial charge is 0.478 e. The highest BCUT2D eigenvalue weighted by Crippen LogP contribution is 2.20. The van der Waals surface area contributed by atoms with Gasteiger partial charge in [0.25, 0.3) is 0 Å². The minimum absolute atomic E-state index is 0.148. The van der Waals surface area contributed by atoms with Crippen LogP contribution >= 0.6 is 0 Å². The maximum atomic E-state index is 12.6. The first kappa shape index (κ1) is 17.7. The van der Waals surface area contributed by atoms with E-state index in [2.05, 4.69) is 19.7 Å². The van der Waals surface area contributed by atoms with Gasteiger partial charge >= 0.3 is 0 Å². The molecule has 0 radical (unpaired) electrons. The highest BCUT2D eigenvalue weighted by atomic mass is 32.2. The van der Waals surface area contributed by atoms with Crippen molar-refractivity contribution in [1.29, 1.82) is 0 Å². The number of ether oxygens (including phenoxy) is 1. The van der Waals surface area contributed by atoms with Gasteiger partial charge in [-0.2, -0.15) is 5.10 Å². The quantitative estimate of drug-likeness (QED) is 0.826. The van der Waals surface area contributed by atoms with Crippen LogP contribution in [0.4, 0.5) is 5.69 Å². The highest BCUT2D eigenvalue weighted by Gasteiger charge is 2.26. The van der Waals surface area contributed by atoms with Gasteiger partial charge in [-0.15, -0.1) is 0 Å². The first-order valence-electron chi connectivity index (χ1n) is 8.32. The Morgan fingerprint density at radius 2 is 2.20 bits per heavy atom. The number of sulfonamides is 1. The molecule has 0 aromatic carbocycles. The van der Waals surface area contributed by atoms with Crippen LogP contribution in [0.5, 0.6) is 5.88 Å². The third-order valence-corrected chi connectivity index (χ3v) is 5.62. The van der Waals surface area contributed by atoms with Gasteiger partial charge in [-0.25, -0.2) is 18.1 Å². The van der Waals surface area contributed by atoms with Crippen LogP contribution in [0.25, 0.3) is 0 Å². The maximum absolute atomic E-state index is 12.6. The van der Waals surface area contributed by atoms with Crippen molar-refractivity contribution in [2.45, 2.75) is 30.7 Å². The molecule has 1 saturated heterocycles. The molecule has 1 N–H and O–H groups in total. The minimum atomic E-state index is -3.61. The summed E-state index contributed by atoms with van der Waals surface area (Å²) in [6.07, 6.45) is 6.79. The van der Waals surface area contributed by atoms with Crippen molar-refractivity contribution in [3.8, 4) is 5.88 Å². The van der Waals surface area contributed by atoms with Crippen LogP contribution < -0.4 is 14.4 Å². The van der Waals surface area contributed by atoms with Crippen LogP contribution in [0, 0.1) is 0 Å². The third kappa shape index (κ3) is 4.29. The molecular weight excluding hydrogens is 342 g/mol. The number of aromatic nitrogens is 3. The molecule has 0 aliphatic carbocycles. The number of hydrogen-bond donors (Lipinski definition) is 1. The molecule has 0 bridgehead atoms. The van der Waals surface area contributed by atoms with E-state index in [1.807, 2.05) is 20.2 Å². The molecule has 0 saturated carbocycles. The van der Waals surface area contributed by atoms with Gasteiger partial charge in [-0.1, -0.05) is 0 Å². The van der Waals surface area contributed by atoms with Crippen molar-refractivity contribution in [2.24, 2.45) is 7.05 Å². The van der Waals surface area contributed by atoms with Crippen molar-refractivity contribution < 1.29 is 13.2 Å². The number of anilines is 1. The lowest BCUT2D eigenvalue weighted by molar-refractivity contribution is 0.326. The second-order valence-corrected chi connectivity index (χ2v) is 7.76. The topological polar surface area (TPSA) is 89.4 Å². The van der Waals surface area contributed by atoms with Crippen LogP contribution in [0.1, 0.15) is 19.8 Å². The molecule has 1 atom stereocenters. The van der Waals surface area contributed by atoms with E-state index in [4.69, 9.17) is 4.74 Å². The lowest BCUT2D eigenvalue weighted by atomic mass is 10.1. The van der Waals surface area contributed by atoms with E-state index in [1.165, 1.54) is 12.3 Å². The summed E-state index contributed by atoms with van der Waals surface area (Å²) in [5.41, 5.74) is 1.01. The van der Waals surface area contributed by atoms with E-state index in [-0.39, 0.29) is 10.9 Å². The van der Waals surface area contributed by atoms with Gasteiger partial charge in [0.15, 0.2) is 0 Å². The second-order valence-electron chi connectivity index (χ2n) is 6.04. The summed E-state index contributed by atoms with van der Waals surface area (Å²) in [4.78, 5) is 6.33. The van der Waals surface area contributed by atoms with E-state index >= 15 is 0 Å². The summed E-state index contributed by atoms with van der Waals surface area (Å²) < 4.78 is 35.0. The molecule has 2 aromatic rings.